The van der Waals surface area contributed by atoms with Gasteiger partial charge in [0.2, 0.25) is 0 Å². The third kappa shape index (κ3) is 2.17. The highest BCUT2D eigenvalue weighted by molar-refractivity contribution is 5.45. The number of nitrogens with zero attached hydrogens (tertiary/aromatic N) is 1. The van der Waals surface area contributed by atoms with Gasteiger partial charge in [0, 0.05) is 25.1 Å². The number of piperidine rings is 1. The van der Waals surface area contributed by atoms with Crippen LogP contribution in [0.2, 0.25) is 0 Å². The molecule has 1 aliphatic carbocycles. The zero-order chi connectivity index (χ0) is 16.1. The summed E-state index contributed by atoms with van der Waals surface area (Å²) in [6.45, 7) is 11.4. The monoisotopic (exact) mass is 303 g/mol. The standard InChI is InChI=1S/C19H29NO2/c1-13(22-5)12-20-9-8-19(4)16-11-15(21)7-6-14(16)10-17(20)18(19,2)3/h6-7,11,13,17,21H,8-10,12H2,1-5H3/t13-,17-,19-/m0/s1. The van der Waals surface area contributed by atoms with Gasteiger partial charge in [-0.3, -0.25) is 4.90 Å². The average Bonchev–Trinajstić information content (AvgIpc) is 2.46. The lowest BCUT2D eigenvalue weighted by Gasteiger charge is -2.61. The smallest absolute Gasteiger partial charge is 0.115 e. The van der Waals surface area contributed by atoms with Crippen molar-refractivity contribution in [1.29, 1.82) is 0 Å². The van der Waals surface area contributed by atoms with E-state index >= 15 is 0 Å². The largest absolute Gasteiger partial charge is 0.508 e. The Kier molecular flexibility index (Phi) is 3.77. The molecule has 1 saturated heterocycles. The van der Waals surface area contributed by atoms with Crippen molar-refractivity contribution in [1.82, 2.24) is 4.90 Å². The van der Waals surface area contributed by atoms with Crippen molar-refractivity contribution < 1.29 is 9.84 Å². The Morgan fingerprint density at radius 3 is 2.77 bits per heavy atom. The number of methoxy groups -OCH3 is 1. The van der Waals surface area contributed by atoms with E-state index in [-0.39, 0.29) is 16.9 Å². The van der Waals surface area contributed by atoms with Crippen molar-refractivity contribution in [3.8, 4) is 5.75 Å². The molecule has 0 unspecified atom stereocenters. The van der Waals surface area contributed by atoms with E-state index in [1.54, 1.807) is 7.11 Å². The van der Waals surface area contributed by atoms with Crippen molar-refractivity contribution in [3.63, 3.8) is 0 Å². The molecule has 1 aromatic carbocycles. The summed E-state index contributed by atoms with van der Waals surface area (Å²) in [5, 5.41) is 9.95. The van der Waals surface area contributed by atoms with Gasteiger partial charge in [0.05, 0.1) is 6.10 Å². The predicted octanol–water partition coefficient (Wildman–Crippen LogP) is 3.34. The quantitative estimate of drug-likeness (QED) is 0.929. The Bertz CT molecular complexity index is 569. The van der Waals surface area contributed by atoms with Crippen LogP contribution in [0.15, 0.2) is 18.2 Å². The minimum atomic E-state index is 0.122. The fourth-order valence-corrected chi connectivity index (χ4v) is 4.62. The number of hydrogen-bond acceptors (Lipinski definition) is 3. The van der Waals surface area contributed by atoms with Gasteiger partial charge in [0.1, 0.15) is 5.75 Å². The first kappa shape index (κ1) is 15.8. The van der Waals surface area contributed by atoms with Crippen LogP contribution in [0.4, 0.5) is 0 Å². The molecule has 3 nitrogen and oxygen atoms in total. The molecule has 1 aliphatic heterocycles. The van der Waals surface area contributed by atoms with Crippen LogP contribution < -0.4 is 0 Å². The number of hydrogen-bond donors (Lipinski definition) is 1. The van der Waals surface area contributed by atoms with Crippen molar-refractivity contribution >= 4 is 0 Å². The Balaban J connectivity index is 2.02. The normalized spacial score (nSPS) is 31.6. The number of phenols is 1. The van der Waals surface area contributed by atoms with Crippen molar-refractivity contribution in [2.24, 2.45) is 5.41 Å². The summed E-state index contributed by atoms with van der Waals surface area (Å²) in [5.74, 6) is 0.393. The topological polar surface area (TPSA) is 32.7 Å². The first-order chi connectivity index (χ1) is 10.3. The number of rotatable bonds is 3. The second-order valence-corrected chi connectivity index (χ2v) is 7.91. The summed E-state index contributed by atoms with van der Waals surface area (Å²) in [6.07, 6.45) is 2.46. The molecule has 22 heavy (non-hydrogen) atoms. The van der Waals surface area contributed by atoms with Crippen LogP contribution in [-0.4, -0.2) is 42.4 Å². The van der Waals surface area contributed by atoms with Gasteiger partial charge >= 0.3 is 0 Å². The number of likely N-dealkylation sites (tertiary alicyclic amines) is 1. The van der Waals surface area contributed by atoms with Crippen LogP contribution in [0.5, 0.6) is 5.75 Å². The second kappa shape index (κ2) is 5.24. The molecule has 1 aromatic rings. The molecule has 0 saturated carbocycles. The fraction of sp³-hybridized carbons (Fsp3) is 0.684. The van der Waals surface area contributed by atoms with Crippen LogP contribution in [0.1, 0.15) is 45.2 Å². The molecular weight excluding hydrogens is 274 g/mol. The molecule has 0 aromatic heterocycles. The zero-order valence-corrected chi connectivity index (χ0v) is 14.5. The Morgan fingerprint density at radius 1 is 1.36 bits per heavy atom. The van der Waals surface area contributed by atoms with E-state index in [9.17, 15) is 5.11 Å². The summed E-state index contributed by atoms with van der Waals surface area (Å²) in [7, 11) is 1.79. The summed E-state index contributed by atoms with van der Waals surface area (Å²) in [5.41, 5.74) is 3.06. The Hall–Kier alpha value is -1.06. The van der Waals surface area contributed by atoms with E-state index < -0.39 is 0 Å². The molecule has 0 spiro atoms. The van der Waals surface area contributed by atoms with E-state index in [1.807, 2.05) is 12.1 Å². The number of aromatic hydroxyl groups is 1. The molecule has 122 valence electrons. The van der Waals surface area contributed by atoms with E-state index in [0.717, 1.165) is 25.9 Å². The molecule has 2 bridgehead atoms. The number of fused-ring (bicyclic) bond motifs is 4. The predicted molar refractivity (Wildman–Crippen MR) is 89.4 cm³/mol. The summed E-state index contributed by atoms with van der Waals surface area (Å²) < 4.78 is 5.49. The van der Waals surface area contributed by atoms with Gasteiger partial charge in [-0.2, -0.15) is 0 Å². The molecule has 1 heterocycles. The minimum Gasteiger partial charge on any atom is -0.508 e. The number of ether oxygens (including phenoxy) is 1. The van der Waals surface area contributed by atoms with Crippen molar-refractivity contribution in [2.45, 2.75) is 58.1 Å². The fourth-order valence-electron chi connectivity index (χ4n) is 4.62. The maximum atomic E-state index is 9.95. The Labute approximate surface area is 134 Å². The number of phenolic OH excluding ortho intramolecular Hbond substituents is 1. The highest BCUT2D eigenvalue weighted by Crippen LogP contribution is 2.56. The summed E-state index contributed by atoms with van der Waals surface area (Å²) in [6, 6.07) is 6.48. The highest BCUT2D eigenvalue weighted by Gasteiger charge is 2.55. The molecule has 0 radical (unpaired) electrons. The molecule has 3 atom stereocenters. The molecule has 0 amide bonds. The summed E-state index contributed by atoms with van der Waals surface area (Å²) in [4.78, 5) is 2.62. The zero-order valence-electron chi connectivity index (χ0n) is 14.5. The van der Waals surface area contributed by atoms with E-state index in [1.165, 1.54) is 11.1 Å². The first-order valence-corrected chi connectivity index (χ1v) is 8.39. The molecule has 1 fully saturated rings. The number of benzene rings is 1. The van der Waals surface area contributed by atoms with E-state index in [4.69, 9.17) is 4.74 Å². The van der Waals surface area contributed by atoms with Gasteiger partial charge in [-0.1, -0.05) is 26.8 Å². The Morgan fingerprint density at radius 2 is 2.09 bits per heavy atom. The van der Waals surface area contributed by atoms with Crippen LogP contribution in [-0.2, 0) is 16.6 Å². The highest BCUT2D eigenvalue weighted by atomic mass is 16.5. The van der Waals surface area contributed by atoms with Gasteiger partial charge in [-0.25, -0.2) is 0 Å². The van der Waals surface area contributed by atoms with Gasteiger partial charge < -0.3 is 9.84 Å². The molecule has 3 rings (SSSR count). The third-order valence-corrected chi connectivity index (χ3v) is 6.59. The lowest BCUT2D eigenvalue weighted by molar-refractivity contribution is -0.0569. The molecule has 1 N–H and O–H groups in total. The molecule has 2 aliphatic rings. The minimum absolute atomic E-state index is 0.122. The van der Waals surface area contributed by atoms with Crippen molar-refractivity contribution in [2.75, 3.05) is 20.2 Å². The van der Waals surface area contributed by atoms with Crippen molar-refractivity contribution in [3.05, 3.63) is 29.3 Å². The van der Waals surface area contributed by atoms with Gasteiger partial charge in [0.15, 0.2) is 0 Å². The average molecular weight is 303 g/mol. The first-order valence-electron chi connectivity index (χ1n) is 8.39. The lowest BCUT2D eigenvalue weighted by Crippen LogP contribution is -2.64. The van der Waals surface area contributed by atoms with E-state index in [2.05, 4.69) is 38.7 Å². The maximum Gasteiger partial charge on any atom is 0.115 e. The third-order valence-electron chi connectivity index (χ3n) is 6.59. The summed E-state index contributed by atoms with van der Waals surface area (Å²) >= 11 is 0. The SMILES string of the molecule is CO[C@@H](C)CN1CC[C@@]2(C)c3cc(O)ccc3C[C@H]1C2(C)C. The molecule has 3 heteroatoms. The van der Waals surface area contributed by atoms with Gasteiger partial charge in [-0.05, 0) is 55.0 Å². The second-order valence-electron chi connectivity index (χ2n) is 7.91. The molecular formula is C19H29NO2. The van der Waals surface area contributed by atoms with Crippen LogP contribution in [0.25, 0.3) is 0 Å². The van der Waals surface area contributed by atoms with Crippen LogP contribution >= 0.6 is 0 Å². The van der Waals surface area contributed by atoms with Crippen LogP contribution in [0, 0.1) is 5.41 Å². The van der Waals surface area contributed by atoms with Crippen LogP contribution in [0.3, 0.4) is 0 Å². The van der Waals surface area contributed by atoms with Gasteiger partial charge in [-0.15, -0.1) is 0 Å². The van der Waals surface area contributed by atoms with E-state index in [0.29, 0.717) is 11.8 Å². The maximum absolute atomic E-state index is 9.95. The lowest BCUT2D eigenvalue weighted by atomic mass is 9.51. The van der Waals surface area contributed by atoms with Gasteiger partial charge in [0.25, 0.3) is 0 Å².